The molecule has 0 aliphatic carbocycles. The molecule has 1 heterocycles. The van der Waals surface area contributed by atoms with Gasteiger partial charge in [0.15, 0.2) is 0 Å². The first-order valence-corrected chi connectivity index (χ1v) is 7.37. The number of hydrogen-bond acceptors (Lipinski definition) is 4. The van der Waals surface area contributed by atoms with Gasteiger partial charge in [0, 0.05) is 31.4 Å². The molecular weight excluding hydrogens is 284 g/mol. The summed E-state index contributed by atoms with van der Waals surface area (Å²) in [5.74, 6) is -0.938. The van der Waals surface area contributed by atoms with E-state index in [4.69, 9.17) is 5.11 Å². The maximum absolute atomic E-state index is 10.9. The molecule has 0 spiro atoms. The molecule has 1 N–H and O–H groups in total. The highest BCUT2D eigenvalue weighted by Gasteiger charge is 2.13. The van der Waals surface area contributed by atoms with Crippen molar-refractivity contribution in [2.75, 3.05) is 19.0 Å². The van der Waals surface area contributed by atoms with E-state index in [0.717, 1.165) is 32.4 Å². The third kappa shape index (κ3) is 3.49. The normalized spacial score (nSPS) is 11.5. The summed E-state index contributed by atoms with van der Waals surface area (Å²) in [6, 6.07) is 8.09. The van der Waals surface area contributed by atoms with Crippen molar-refractivity contribution in [1.29, 1.82) is 0 Å². The quantitative estimate of drug-likeness (QED) is 0.876. The molecule has 0 saturated carbocycles. The SMILES string of the molecule is C/C(=C\C(=O)O)c1sc(C)nc1-c1ccc(N(C)C)cc1. The molecule has 110 valence electrons. The van der Waals surface area contributed by atoms with E-state index >= 15 is 0 Å². The molecule has 0 aliphatic rings. The van der Waals surface area contributed by atoms with Gasteiger partial charge in [0.25, 0.3) is 0 Å². The second-order valence-electron chi connectivity index (χ2n) is 5.02. The summed E-state index contributed by atoms with van der Waals surface area (Å²) in [6.45, 7) is 3.73. The molecule has 0 bridgehead atoms. The number of aliphatic carboxylic acids is 1. The van der Waals surface area contributed by atoms with Crippen LogP contribution in [0.4, 0.5) is 5.69 Å². The minimum absolute atomic E-state index is 0.722. The predicted molar refractivity (Wildman–Crippen MR) is 87.9 cm³/mol. The summed E-state index contributed by atoms with van der Waals surface area (Å²) in [6.07, 6.45) is 1.23. The number of nitrogens with zero attached hydrogens (tertiary/aromatic N) is 2. The van der Waals surface area contributed by atoms with E-state index in [1.807, 2.05) is 50.2 Å². The number of carbonyl (C=O) groups is 1. The second-order valence-corrected chi connectivity index (χ2v) is 6.22. The Morgan fingerprint density at radius 1 is 1.29 bits per heavy atom. The van der Waals surface area contributed by atoms with E-state index in [9.17, 15) is 4.79 Å². The molecule has 4 nitrogen and oxygen atoms in total. The van der Waals surface area contributed by atoms with Crippen LogP contribution < -0.4 is 4.90 Å². The first-order chi connectivity index (χ1) is 9.88. The fourth-order valence-corrected chi connectivity index (χ4v) is 2.97. The summed E-state index contributed by atoms with van der Waals surface area (Å²) in [4.78, 5) is 18.4. The van der Waals surface area contributed by atoms with Crippen LogP contribution in [-0.4, -0.2) is 30.2 Å². The average Bonchev–Trinajstić information content (AvgIpc) is 2.80. The first-order valence-electron chi connectivity index (χ1n) is 6.55. The molecule has 1 aromatic heterocycles. The minimum atomic E-state index is -0.938. The Labute approximate surface area is 128 Å². The van der Waals surface area contributed by atoms with Crippen LogP contribution in [-0.2, 0) is 4.79 Å². The van der Waals surface area contributed by atoms with Crippen molar-refractivity contribution in [3.05, 3.63) is 40.2 Å². The largest absolute Gasteiger partial charge is 0.478 e. The number of carboxylic acid groups (broad SMARTS) is 1. The summed E-state index contributed by atoms with van der Waals surface area (Å²) in [5.41, 5.74) is 3.68. The Morgan fingerprint density at radius 2 is 1.90 bits per heavy atom. The topological polar surface area (TPSA) is 53.4 Å². The van der Waals surface area contributed by atoms with E-state index in [1.54, 1.807) is 6.92 Å². The van der Waals surface area contributed by atoms with Gasteiger partial charge < -0.3 is 10.0 Å². The number of rotatable bonds is 4. The van der Waals surface area contributed by atoms with Gasteiger partial charge in [0.1, 0.15) is 0 Å². The maximum atomic E-state index is 10.9. The molecule has 21 heavy (non-hydrogen) atoms. The number of anilines is 1. The third-order valence-corrected chi connectivity index (χ3v) is 4.20. The number of thiazole rings is 1. The van der Waals surface area contributed by atoms with Crippen molar-refractivity contribution in [3.63, 3.8) is 0 Å². The molecule has 0 aliphatic heterocycles. The minimum Gasteiger partial charge on any atom is -0.478 e. The molecule has 0 unspecified atom stereocenters. The van der Waals surface area contributed by atoms with E-state index in [-0.39, 0.29) is 0 Å². The van der Waals surface area contributed by atoms with Crippen LogP contribution in [0, 0.1) is 6.92 Å². The van der Waals surface area contributed by atoms with Gasteiger partial charge in [-0.2, -0.15) is 0 Å². The van der Waals surface area contributed by atoms with Crippen LogP contribution in [0.25, 0.3) is 16.8 Å². The predicted octanol–water partition coefficient (Wildman–Crippen LogP) is 3.67. The molecule has 2 rings (SSSR count). The molecular formula is C16H18N2O2S. The van der Waals surface area contributed by atoms with Gasteiger partial charge in [-0.1, -0.05) is 12.1 Å². The highest BCUT2D eigenvalue weighted by atomic mass is 32.1. The lowest BCUT2D eigenvalue weighted by molar-refractivity contribution is -0.131. The zero-order chi connectivity index (χ0) is 15.6. The zero-order valence-corrected chi connectivity index (χ0v) is 13.4. The van der Waals surface area contributed by atoms with Crippen LogP contribution in [0.5, 0.6) is 0 Å². The van der Waals surface area contributed by atoms with E-state index < -0.39 is 5.97 Å². The van der Waals surface area contributed by atoms with Gasteiger partial charge in [0.2, 0.25) is 0 Å². The summed E-state index contributed by atoms with van der Waals surface area (Å²) in [5, 5.41) is 9.84. The lowest BCUT2D eigenvalue weighted by Gasteiger charge is -2.12. The van der Waals surface area contributed by atoms with Crippen LogP contribution in [0.2, 0.25) is 0 Å². The first kappa shape index (κ1) is 15.3. The van der Waals surface area contributed by atoms with Crippen LogP contribution in [0.15, 0.2) is 30.3 Å². The molecule has 0 saturated heterocycles. The number of aryl methyl sites for hydroxylation is 1. The van der Waals surface area contributed by atoms with Crippen molar-refractivity contribution in [1.82, 2.24) is 4.98 Å². The Bertz CT molecular complexity index is 685. The van der Waals surface area contributed by atoms with Crippen molar-refractivity contribution in [2.45, 2.75) is 13.8 Å². The fourth-order valence-electron chi connectivity index (χ4n) is 2.06. The van der Waals surface area contributed by atoms with Crippen LogP contribution in [0.1, 0.15) is 16.8 Å². The van der Waals surface area contributed by atoms with Gasteiger partial charge in [0.05, 0.1) is 15.6 Å². The molecule has 5 heteroatoms. The van der Waals surface area contributed by atoms with Crippen LogP contribution >= 0.6 is 11.3 Å². The van der Waals surface area contributed by atoms with Crippen molar-refractivity contribution in [3.8, 4) is 11.3 Å². The zero-order valence-electron chi connectivity index (χ0n) is 12.5. The number of allylic oxidation sites excluding steroid dienone is 1. The second kappa shape index (κ2) is 6.10. The average molecular weight is 302 g/mol. The molecule has 0 amide bonds. The molecule has 0 atom stereocenters. The molecule has 1 aromatic carbocycles. The Balaban J connectivity index is 2.47. The molecule has 0 radical (unpaired) electrons. The molecule has 2 aromatic rings. The summed E-state index contributed by atoms with van der Waals surface area (Å²) in [7, 11) is 3.99. The van der Waals surface area contributed by atoms with E-state index in [0.29, 0.717) is 0 Å². The highest BCUT2D eigenvalue weighted by molar-refractivity contribution is 7.13. The monoisotopic (exact) mass is 302 g/mol. The Kier molecular flexibility index (Phi) is 4.43. The van der Waals surface area contributed by atoms with E-state index in [1.165, 1.54) is 17.4 Å². The van der Waals surface area contributed by atoms with Crippen molar-refractivity contribution in [2.24, 2.45) is 0 Å². The van der Waals surface area contributed by atoms with Crippen molar-refractivity contribution >= 4 is 28.6 Å². The third-order valence-electron chi connectivity index (χ3n) is 3.09. The number of benzene rings is 1. The summed E-state index contributed by atoms with van der Waals surface area (Å²) < 4.78 is 0. The lowest BCUT2D eigenvalue weighted by Crippen LogP contribution is -2.07. The lowest BCUT2D eigenvalue weighted by atomic mass is 10.1. The van der Waals surface area contributed by atoms with Crippen molar-refractivity contribution < 1.29 is 9.90 Å². The number of aromatic nitrogens is 1. The van der Waals surface area contributed by atoms with Gasteiger partial charge in [-0.15, -0.1) is 11.3 Å². The Hall–Kier alpha value is -2.14. The number of carboxylic acids is 1. The summed E-state index contributed by atoms with van der Waals surface area (Å²) >= 11 is 1.52. The maximum Gasteiger partial charge on any atom is 0.328 e. The fraction of sp³-hybridized carbons (Fsp3) is 0.250. The standard InChI is InChI=1S/C16H18N2O2S/c1-10(9-14(19)20)16-15(17-11(2)21-16)12-5-7-13(8-6-12)18(3)4/h5-9H,1-4H3,(H,19,20)/b10-9+. The van der Waals surface area contributed by atoms with Gasteiger partial charge in [-0.05, 0) is 31.6 Å². The molecule has 0 fully saturated rings. The van der Waals surface area contributed by atoms with Crippen LogP contribution in [0.3, 0.4) is 0 Å². The Morgan fingerprint density at radius 3 is 2.43 bits per heavy atom. The van der Waals surface area contributed by atoms with Gasteiger partial charge >= 0.3 is 5.97 Å². The highest BCUT2D eigenvalue weighted by Crippen LogP contribution is 2.33. The van der Waals surface area contributed by atoms with Gasteiger partial charge in [-0.3, -0.25) is 0 Å². The van der Waals surface area contributed by atoms with Gasteiger partial charge in [-0.25, -0.2) is 9.78 Å². The number of hydrogen-bond donors (Lipinski definition) is 1. The van der Waals surface area contributed by atoms with E-state index in [2.05, 4.69) is 4.98 Å². The smallest absolute Gasteiger partial charge is 0.328 e.